The lowest BCUT2D eigenvalue weighted by Crippen LogP contribution is -2.34. The third-order valence-corrected chi connectivity index (χ3v) is 5.19. The number of carbonyl (C=O) groups excluding carboxylic acids is 2. The highest BCUT2D eigenvalue weighted by atomic mass is 32.1. The van der Waals surface area contributed by atoms with Crippen LogP contribution < -0.4 is 10.6 Å². The summed E-state index contributed by atoms with van der Waals surface area (Å²) in [5.74, 6) is -0.110. The molecule has 0 bridgehead atoms. The molecule has 1 aliphatic heterocycles. The second-order valence-corrected chi connectivity index (χ2v) is 7.11. The molecule has 132 valence electrons. The Morgan fingerprint density at radius 3 is 2.64 bits per heavy atom. The van der Waals surface area contributed by atoms with Crippen molar-refractivity contribution < 1.29 is 14.3 Å². The van der Waals surface area contributed by atoms with E-state index in [0.29, 0.717) is 30.2 Å². The summed E-state index contributed by atoms with van der Waals surface area (Å²) in [7, 11) is 0. The highest BCUT2D eigenvalue weighted by Gasteiger charge is 2.18. The molecule has 2 amide bonds. The highest BCUT2D eigenvalue weighted by Crippen LogP contribution is 2.28. The SMILES string of the molecule is CCCNC(=O)c1ccc(-c2ccc(C(=O)N[C@H]3CCOC3)cc2)s1. The standard InChI is InChI=1S/C19H22N2O3S/c1-2-10-20-19(23)17-8-7-16(25-17)13-3-5-14(6-4-13)18(22)21-15-9-11-24-12-15/h3-8,15H,2,9-12H2,1H3,(H,20,23)(H,21,22)/t15-/m0/s1. The van der Waals surface area contributed by atoms with E-state index in [1.165, 1.54) is 11.3 Å². The minimum absolute atomic E-state index is 0.0344. The molecule has 1 aromatic heterocycles. The lowest BCUT2D eigenvalue weighted by molar-refractivity contribution is 0.0928. The number of nitrogens with one attached hydrogen (secondary N) is 2. The molecule has 0 spiro atoms. The van der Waals surface area contributed by atoms with Gasteiger partial charge in [0.25, 0.3) is 11.8 Å². The van der Waals surface area contributed by atoms with Crippen molar-refractivity contribution in [2.24, 2.45) is 0 Å². The summed E-state index contributed by atoms with van der Waals surface area (Å²) >= 11 is 1.46. The molecular weight excluding hydrogens is 336 g/mol. The fourth-order valence-electron chi connectivity index (χ4n) is 2.64. The van der Waals surface area contributed by atoms with E-state index in [2.05, 4.69) is 10.6 Å². The smallest absolute Gasteiger partial charge is 0.261 e. The van der Waals surface area contributed by atoms with Gasteiger partial charge in [0, 0.05) is 23.6 Å². The molecule has 5 nitrogen and oxygen atoms in total. The van der Waals surface area contributed by atoms with E-state index in [0.717, 1.165) is 23.3 Å². The first-order valence-electron chi connectivity index (χ1n) is 8.54. The zero-order chi connectivity index (χ0) is 17.6. The normalized spacial score (nSPS) is 16.6. The van der Waals surface area contributed by atoms with Crippen LogP contribution in [0.15, 0.2) is 36.4 Å². The minimum atomic E-state index is -0.0761. The van der Waals surface area contributed by atoms with Gasteiger partial charge in [0.1, 0.15) is 0 Å². The summed E-state index contributed by atoms with van der Waals surface area (Å²) in [6, 6.07) is 11.4. The lowest BCUT2D eigenvalue weighted by Gasteiger charge is -2.10. The molecule has 1 aromatic carbocycles. The van der Waals surface area contributed by atoms with Crippen LogP contribution in [0.5, 0.6) is 0 Å². The fraction of sp³-hybridized carbons (Fsp3) is 0.368. The molecule has 3 rings (SSSR count). The molecule has 0 aliphatic carbocycles. The minimum Gasteiger partial charge on any atom is -0.379 e. The summed E-state index contributed by atoms with van der Waals surface area (Å²) in [5, 5.41) is 5.86. The topological polar surface area (TPSA) is 67.4 Å². The first kappa shape index (κ1) is 17.6. The third-order valence-electron chi connectivity index (χ3n) is 4.06. The van der Waals surface area contributed by atoms with Crippen LogP contribution in [0.4, 0.5) is 0 Å². The van der Waals surface area contributed by atoms with Crippen LogP contribution in [-0.4, -0.2) is 37.6 Å². The van der Waals surface area contributed by atoms with Crippen LogP contribution in [0.3, 0.4) is 0 Å². The number of rotatable bonds is 6. The third kappa shape index (κ3) is 4.46. The largest absolute Gasteiger partial charge is 0.379 e. The van der Waals surface area contributed by atoms with E-state index in [1.807, 2.05) is 43.3 Å². The van der Waals surface area contributed by atoms with E-state index < -0.39 is 0 Å². The summed E-state index contributed by atoms with van der Waals surface area (Å²) in [4.78, 5) is 25.9. The second-order valence-electron chi connectivity index (χ2n) is 6.03. The van der Waals surface area contributed by atoms with Crippen LogP contribution in [0.1, 0.15) is 39.8 Å². The Bertz CT molecular complexity index is 733. The highest BCUT2D eigenvalue weighted by molar-refractivity contribution is 7.17. The van der Waals surface area contributed by atoms with Crippen LogP contribution in [0.25, 0.3) is 10.4 Å². The number of hydrogen-bond donors (Lipinski definition) is 2. The molecule has 2 heterocycles. The van der Waals surface area contributed by atoms with Crippen molar-refractivity contribution in [2.45, 2.75) is 25.8 Å². The first-order chi connectivity index (χ1) is 12.2. The van der Waals surface area contributed by atoms with Crippen molar-refractivity contribution in [1.82, 2.24) is 10.6 Å². The molecule has 1 aliphatic rings. The molecule has 25 heavy (non-hydrogen) atoms. The molecule has 6 heteroatoms. The fourth-order valence-corrected chi connectivity index (χ4v) is 3.57. The van der Waals surface area contributed by atoms with Crippen LogP contribution in [0, 0.1) is 0 Å². The zero-order valence-corrected chi connectivity index (χ0v) is 15.0. The molecule has 2 N–H and O–H groups in total. The van der Waals surface area contributed by atoms with E-state index in [-0.39, 0.29) is 17.9 Å². The van der Waals surface area contributed by atoms with Gasteiger partial charge >= 0.3 is 0 Å². The molecule has 0 unspecified atom stereocenters. The van der Waals surface area contributed by atoms with Gasteiger partial charge in [0.15, 0.2) is 0 Å². The number of carbonyl (C=O) groups is 2. The van der Waals surface area contributed by atoms with Crippen LogP contribution >= 0.6 is 11.3 Å². The lowest BCUT2D eigenvalue weighted by atomic mass is 10.1. The van der Waals surface area contributed by atoms with Crippen molar-refractivity contribution in [3.63, 3.8) is 0 Å². The van der Waals surface area contributed by atoms with Gasteiger partial charge in [-0.15, -0.1) is 11.3 Å². The van der Waals surface area contributed by atoms with Crippen molar-refractivity contribution in [1.29, 1.82) is 0 Å². The number of hydrogen-bond acceptors (Lipinski definition) is 4. The second kappa shape index (κ2) is 8.27. The van der Waals surface area contributed by atoms with Crippen LogP contribution in [-0.2, 0) is 4.74 Å². The van der Waals surface area contributed by atoms with Crippen molar-refractivity contribution in [3.05, 3.63) is 46.8 Å². The van der Waals surface area contributed by atoms with Gasteiger partial charge in [-0.1, -0.05) is 19.1 Å². The molecule has 0 radical (unpaired) electrons. The Morgan fingerprint density at radius 1 is 1.16 bits per heavy atom. The summed E-state index contributed by atoms with van der Waals surface area (Å²) in [5.41, 5.74) is 1.63. The van der Waals surface area contributed by atoms with Crippen LogP contribution in [0.2, 0.25) is 0 Å². The molecule has 1 atom stereocenters. The van der Waals surface area contributed by atoms with E-state index in [4.69, 9.17) is 4.74 Å². The molecular formula is C19H22N2O3S. The molecule has 2 aromatic rings. The maximum absolute atomic E-state index is 12.2. The number of ether oxygens (including phenoxy) is 1. The Balaban J connectivity index is 1.64. The molecule has 1 fully saturated rings. The van der Waals surface area contributed by atoms with Crippen molar-refractivity contribution in [2.75, 3.05) is 19.8 Å². The van der Waals surface area contributed by atoms with Crippen molar-refractivity contribution >= 4 is 23.2 Å². The number of thiophene rings is 1. The van der Waals surface area contributed by atoms with Gasteiger partial charge in [0.05, 0.1) is 17.5 Å². The maximum Gasteiger partial charge on any atom is 0.261 e. The van der Waals surface area contributed by atoms with Gasteiger partial charge in [0.2, 0.25) is 0 Å². The van der Waals surface area contributed by atoms with Gasteiger partial charge in [-0.25, -0.2) is 0 Å². The van der Waals surface area contributed by atoms with E-state index in [1.54, 1.807) is 0 Å². The van der Waals surface area contributed by atoms with Gasteiger partial charge in [-0.05, 0) is 42.7 Å². The maximum atomic E-state index is 12.2. The Morgan fingerprint density at radius 2 is 1.96 bits per heavy atom. The van der Waals surface area contributed by atoms with E-state index >= 15 is 0 Å². The summed E-state index contributed by atoms with van der Waals surface area (Å²) < 4.78 is 5.27. The number of amides is 2. The quantitative estimate of drug-likeness (QED) is 0.834. The Kier molecular flexibility index (Phi) is 5.83. The van der Waals surface area contributed by atoms with Gasteiger partial charge < -0.3 is 15.4 Å². The van der Waals surface area contributed by atoms with Gasteiger partial charge in [-0.2, -0.15) is 0 Å². The number of benzene rings is 1. The predicted octanol–water partition coefficient (Wildman–Crippen LogP) is 3.07. The summed E-state index contributed by atoms with van der Waals surface area (Å²) in [6.45, 7) is 4.00. The van der Waals surface area contributed by atoms with Gasteiger partial charge in [-0.3, -0.25) is 9.59 Å². The Hall–Kier alpha value is -2.18. The molecule has 1 saturated heterocycles. The van der Waals surface area contributed by atoms with E-state index in [9.17, 15) is 9.59 Å². The molecule has 0 saturated carbocycles. The van der Waals surface area contributed by atoms with Crippen molar-refractivity contribution in [3.8, 4) is 10.4 Å². The average molecular weight is 358 g/mol. The average Bonchev–Trinajstić information content (AvgIpc) is 3.31. The first-order valence-corrected chi connectivity index (χ1v) is 9.36. The summed E-state index contributed by atoms with van der Waals surface area (Å²) in [6.07, 6.45) is 1.78. The predicted molar refractivity (Wildman–Crippen MR) is 99.1 cm³/mol. The Labute approximate surface area is 151 Å². The zero-order valence-electron chi connectivity index (χ0n) is 14.2. The monoisotopic (exact) mass is 358 g/mol.